The molecule has 4 aromatic heterocycles. The Morgan fingerprint density at radius 3 is 0.759 bits per heavy atom. The molecule has 29 heavy (non-hydrogen) atoms. The molecular weight excluding hydrogens is 408 g/mol. The van der Waals surface area contributed by atoms with Crippen LogP contribution in [0, 0.1) is 27.7 Å². The maximum absolute atomic E-state index is 4.42. The molecule has 0 radical (unpaired) electrons. The van der Waals surface area contributed by atoms with Crippen LogP contribution in [0.4, 0.5) is 0 Å². The second kappa shape index (κ2) is 10.6. The summed E-state index contributed by atoms with van der Waals surface area (Å²) in [5.41, 5.74) is 7.83. The fraction of sp³-hybridized carbons (Fsp3) is 0.167. The van der Waals surface area contributed by atoms with Gasteiger partial charge in [0.1, 0.15) is 0 Å². The zero-order valence-electron chi connectivity index (χ0n) is 17.0. The third-order valence-corrected chi connectivity index (χ3v) is 4.08. The first kappa shape index (κ1) is 22.4. The minimum absolute atomic E-state index is 0. The largest absolute Gasteiger partial charge is 1.00 e. The number of aryl methyl sites for hydroxylation is 4. The van der Waals surface area contributed by atoms with E-state index in [-0.39, 0.29) is 17.1 Å². The van der Waals surface area contributed by atoms with E-state index in [1.54, 1.807) is 0 Å². The molecule has 0 bridgehead atoms. The summed E-state index contributed by atoms with van der Waals surface area (Å²) in [6, 6.07) is 23.9. The third kappa shape index (κ3) is 6.60. The third-order valence-electron chi connectivity index (χ3n) is 4.08. The molecule has 0 amide bonds. The van der Waals surface area contributed by atoms with Gasteiger partial charge in [0.2, 0.25) is 0 Å². The van der Waals surface area contributed by atoms with Crippen LogP contribution < -0.4 is 0 Å². The summed E-state index contributed by atoms with van der Waals surface area (Å²) in [4.78, 5) is 17.7. The van der Waals surface area contributed by atoms with E-state index < -0.39 is 0 Å². The molecule has 5 heteroatoms. The molecule has 0 spiro atoms. The van der Waals surface area contributed by atoms with Gasteiger partial charge in [-0.3, -0.25) is 19.9 Å². The Bertz CT molecular complexity index is 905. The summed E-state index contributed by atoms with van der Waals surface area (Å²) >= 11 is 0. The van der Waals surface area contributed by atoms with Gasteiger partial charge in [0.05, 0.1) is 22.8 Å². The predicted molar refractivity (Wildman–Crippen MR) is 114 cm³/mol. The van der Waals surface area contributed by atoms with Crippen molar-refractivity contribution >= 4 is 0 Å². The molecule has 150 valence electrons. The molecule has 0 saturated heterocycles. The zero-order chi connectivity index (χ0) is 19.9. The van der Waals surface area contributed by atoms with Gasteiger partial charge < -0.3 is 0 Å². The van der Waals surface area contributed by atoms with Crippen LogP contribution in [0.3, 0.4) is 0 Å². The van der Waals surface area contributed by atoms with Gasteiger partial charge in [0.15, 0.2) is 0 Å². The minimum atomic E-state index is 0. The SMILES string of the molecule is Cc1cccc(-c2cccc(C)n2)n1.Cc1cccc(-c2cccc(C)n2)n1.[Cu+]. The average molecular weight is 432 g/mol. The molecule has 4 rings (SSSR count). The second-order valence-corrected chi connectivity index (χ2v) is 6.66. The van der Waals surface area contributed by atoms with Crippen LogP contribution in [0.25, 0.3) is 22.8 Å². The van der Waals surface area contributed by atoms with Crippen molar-refractivity contribution in [2.75, 3.05) is 0 Å². The van der Waals surface area contributed by atoms with Crippen molar-refractivity contribution in [2.45, 2.75) is 27.7 Å². The fourth-order valence-corrected chi connectivity index (χ4v) is 2.74. The van der Waals surface area contributed by atoms with Crippen molar-refractivity contribution in [3.8, 4) is 22.8 Å². The maximum Gasteiger partial charge on any atom is 1.00 e. The van der Waals surface area contributed by atoms with Crippen LogP contribution in [-0.4, -0.2) is 19.9 Å². The Balaban J connectivity index is 0.000000200. The molecule has 0 N–H and O–H groups in total. The number of nitrogens with zero attached hydrogens (tertiary/aromatic N) is 4. The Morgan fingerprint density at radius 2 is 0.586 bits per heavy atom. The van der Waals surface area contributed by atoms with Gasteiger partial charge in [0.25, 0.3) is 0 Å². The Kier molecular flexibility index (Phi) is 8.20. The van der Waals surface area contributed by atoms with E-state index >= 15 is 0 Å². The van der Waals surface area contributed by atoms with Crippen LogP contribution in [-0.2, 0) is 17.1 Å². The molecule has 0 aliphatic rings. The van der Waals surface area contributed by atoms with Crippen LogP contribution in [0.15, 0.2) is 72.8 Å². The summed E-state index contributed by atoms with van der Waals surface area (Å²) < 4.78 is 0. The van der Waals surface area contributed by atoms with Crippen molar-refractivity contribution in [1.82, 2.24) is 19.9 Å². The Morgan fingerprint density at radius 1 is 0.379 bits per heavy atom. The smallest absolute Gasteiger partial charge is 0.251 e. The molecule has 0 fully saturated rings. The summed E-state index contributed by atoms with van der Waals surface area (Å²) in [5, 5.41) is 0. The molecule has 0 atom stereocenters. The topological polar surface area (TPSA) is 51.6 Å². The van der Waals surface area contributed by atoms with Crippen molar-refractivity contribution in [2.24, 2.45) is 0 Å². The van der Waals surface area contributed by atoms with Crippen molar-refractivity contribution in [3.63, 3.8) is 0 Å². The fourth-order valence-electron chi connectivity index (χ4n) is 2.74. The van der Waals surface area contributed by atoms with E-state index in [0.717, 1.165) is 45.6 Å². The number of hydrogen-bond acceptors (Lipinski definition) is 4. The van der Waals surface area contributed by atoms with Crippen LogP contribution in [0.1, 0.15) is 22.8 Å². The molecule has 0 saturated carbocycles. The molecule has 0 aliphatic heterocycles. The van der Waals surface area contributed by atoms with Crippen molar-refractivity contribution < 1.29 is 17.1 Å². The molecule has 0 unspecified atom stereocenters. The number of aromatic nitrogens is 4. The van der Waals surface area contributed by atoms with Gasteiger partial charge in [-0.25, -0.2) is 0 Å². The second-order valence-electron chi connectivity index (χ2n) is 6.66. The summed E-state index contributed by atoms with van der Waals surface area (Å²) in [6.07, 6.45) is 0. The molecular formula is C24H24CuN4+. The Hall–Kier alpha value is -2.88. The van der Waals surface area contributed by atoms with E-state index in [1.165, 1.54) is 0 Å². The number of pyridine rings is 4. The van der Waals surface area contributed by atoms with Gasteiger partial charge in [-0.05, 0) is 76.2 Å². The first-order valence-electron chi connectivity index (χ1n) is 9.26. The van der Waals surface area contributed by atoms with Crippen LogP contribution >= 0.6 is 0 Å². The molecule has 4 heterocycles. The Labute approximate surface area is 183 Å². The van der Waals surface area contributed by atoms with Gasteiger partial charge >= 0.3 is 17.1 Å². The predicted octanol–water partition coefficient (Wildman–Crippen LogP) is 5.52. The number of hydrogen-bond donors (Lipinski definition) is 0. The van der Waals surface area contributed by atoms with Gasteiger partial charge in [-0.1, -0.05) is 24.3 Å². The minimum Gasteiger partial charge on any atom is -0.251 e. The van der Waals surface area contributed by atoms with Crippen molar-refractivity contribution in [1.29, 1.82) is 0 Å². The van der Waals surface area contributed by atoms with Gasteiger partial charge in [0, 0.05) is 22.8 Å². The maximum atomic E-state index is 4.42. The summed E-state index contributed by atoms with van der Waals surface area (Å²) in [5.74, 6) is 0. The monoisotopic (exact) mass is 431 g/mol. The first-order valence-corrected chi connectivity index (χ1v) is 9.26. The molecule has 4 nitrogen and oxygen atoms in total. The van der Waals surface area contributed by atoms with E-state index in [9.17, 15) is 0 Å². The summed E-state index contributed by atoms with van der Waals surface area (Å²) in [6.45, 7) is 7.94. The van der Waals surface area contributed by atoms with E-state index in [1.807, 2.05) is 100 Å². The van der Waals surface area contributed by atoms with Gasteiger partial charge in [-0.15, -0.1) is 0 Å². The molecule has 0 aliphatic carbocycles. The van der Waals surface area contributed by atoms with Crippen LogP contribution in [0.2, 0.25) is 0 Å². The van der Waals surface area contributed by atoms with E-state index in [4.69, 9.17) is 0 Å². The molecule has 0 aromatic carbocycles. The average Bonchev–Trinajstić information content (AvgIpc) is 2.69. The standard InChI is InChI=1S/2C12H12N2.Cu/c2*1-9-5-3-7-11(13-9)12-8-4-6-10(2)14-12;/h2*3-8H,1-2H3;/q;;+1. The number of rotatable bonds is 2. The van der Waals surface area contributed by atoms with Crippen molar-refractivity contribution in [3.05, 3.63) is 95.6 Å². The van der Waals surface area contributed by atoms with Crippen LogP contribution in [0.5, 0.6) is 0 Å². The van der Waals surface area contributed by atoms with Gasteiger partial charge in [-0.2, -0.15) is 0 Å². The quantitative estimate of drug-likeness (QED) is 0.392. The summed E-state index contributed by atoms with van der Waals surface area (Å²) in [7, 11) is 0. The van der Waals surface area contributed by atoms with E-state index in [0.29, 0.717) is 0 Å². The zero-order valence-corrected chi connectivity index (χ0v) is 18.0. The van der Waals surface area contributed by atoms with E-state index in [2.05, 4.69) is 19.9 Å². The first-order chi connectivity index (χ1) is 13.5. The normalized spacial score (nSPS) is 9.79. The molecule has 4 aromatic rings.